The second kappa shape index (κ2) is 8.66. The van der Waals surface area contributed by atoms with E-state index in [0.29, 0.717) is 13.1 Å². The first kappa shape index (κ1) is 22.7. The van der Waals surface area contributed by atoms with Crippen molar-refractivity contribution in [3.05, 3.63) is 58.6 Å². The highest BCUT2D eigenvalue weighted by Gasteiger charge is 2.30. The molecule has 1 heterocycles. The van der Waals surface area contributed by atoms with Crippen LogP contribution in [0, 0.1) is 0 Å². The van der Waals surface area contributed by atoms with Gasteiger partial charge in [0.15, 0.2) is 9.84 Å². The summed E-state index contributed by atoms with van der Waals surface area (Å²) in [7, 11) is -7.06. The minimum absolute atomic E-state index is 0.0721. The molecule has 0 unspecified atom stereocenters. The fourth-order valence-corrected chi connectivity index (χ4v) is 5.92. The van der Waals surface area contributed by atoms with Crippen molar-refractivity contribution in [2.75, 3.05) is 19.3 Å². The van der Waals surface area contributed by atoms with Gasteiger partial charge in [-0.1, -0.05) is 23.7 Å². The minimum Gasteiger partial charge on any atom is -0.346 e. The SMILES string of the molecule is C[C@H](NC(=O)c1ccc(Cl)c(S(=O)(=O)N2CCCC2)c1)c1ccc(S(C)(=O)=O)cc1. The van der Waals surface area contributed by atoms with Gasteiger partial charge in [0, 0.05) is 24.9 Å². The maximum atomic E-state index is 12.8. The van der Waals surface area contributed by atoms with Gasteiger partial charge >= 0.3 is 0 Å². The molecule has 0 saturated carbocycles. The Morgan fingerprint density at radius 1 is 1.03 bits per heavy atom. The molecule has 7 nitrogen and oxygen atoms in total. The molecule has 1 amide bonds. The number of benzene rings is 2. The monoisotopic (exact) mass is 470 g/mol. The number of nitrogens with zero attached hydrogens (tertiary/aromatic N) is 1. The van der Waals surface area contributed by atoms with Crippen LogP contribution in [0.3, 0.4) is 0 Å². The van der Waals surface area contributed by atoms with Crippen molar-refractivity contribution in [3.8, 4) is 0 Å². The number of hydrogen-bond acceptors (Lipinski definition) is 5. The predicted octanol–water partition coefficient (Wildman–Crippen LogP) is 3.02. The van der Waals surface area contributed by atoms with Crippen LogP contribution >= 0.6 is 11.6 Å². The number of hydrogen-bond donors (Lipinski definition) is 1. The summed E-state index contributed by atoms with van der Waals surface area (Å²) in [5.74, 6) is -0.454. The second-order valence-electron chi connectivity index (χ2n) is 7.29. The van der Waals surface area contributed by atoms with Gasteiger partial charge in [0.1, 0.15) is 4.90 Å². The second-order valence-corrected chi connectivity index (χ2v) is 11.6. The molecule has 1 fully saturated rings. The van der Waals surface area contributed by atoms with Gasteiger partial charge in [0.05, 0.1) is 16.0 Å². The molecule has 3 rings (SSSR count). The first-order valence-corrected chi connectivity index (χ1v) is 13.1. The Labute approximate surface area is 182 Å². The highest BCUT2D eigenvalue weighted by Crippen LogP contribution is 2.28. The summed E-state index contributed by atoms with van der Waals surface area (Å²) in [6.45, 7) is 2.64. The van der Waals surface area contributed by atoms with Crippen molar-refractivity contribution in [3.63, 3.8) is 0 Å². The van der Waals surface area contributed by atoms with Crippen LogP contribution in [0.25, 0.3) is 0 Å². The average molecular weight is 471 g/mol. The normalized spacial score (nSPS) is 16.4. The molecule has 2 aromatic rings. The average Bonchev–Trinajstić information content (AvgIpc) is 3.23. The number of carbonyl (C=O) groups is 1. The fraction of sp³-hybridized carbons (Fsp3) is 0.350. The molecule has 0 radical (unpaired) electrons. The van der Waals surface area contributed by atoms with Crippen LogP contribution in [0.1, 0.15) is 41.7 Å². The molecule has 0 aromatic heterocycles. The van der Waals surface area contributed by atoms with Crippen molar-refractivity contribution in [2.45, 2.75) is 35.6 Å². The van der Waals surface area contributed by atoms with Crippen LogP contribution < -0.4 is 5.32 Å². The summed E-state index contributed by atoms with van der Waals surface area (Å²) in [6.07, 6.45) is 2.72. The van der Waals surface area contributed by atoms with E-state index >= 15 is 0 Å². The number of rotatable bonds is 6. The summed E-state index contributed by atoms with van der Waals surface area (Å²) in [5.41, 5.74) is 0.895. The lowest BCUT2D eigenvalue weighted by Crippen LogP contribution is -2.29. The molecular formula is C20H23ClN2O5S2. The van der Waals surface area contributed by atoms with E-state index in [1.54, 1.807) is 19.1 Å². The Morgan fingerprint density at radius 2 is 1.63 bits per heavy atom. The third-order valence-electron chi connectivity index (χ3n) is 5.03. The Balaban J connectivity index is 1.80. The molecule has 1 N–H and O–H groups in total. The largest absolute Gasteiger partial charge is 0.346 e. The van der Waals surface area contributed by atoms with Crippen LogP contribution in [0.4, 0.5) is 0 Å². The number of sulfone groups is 1. The molecule has 0 spiro atoms. The van der Waals surface area contributed by atoms with Gasteiger partial charge in [0.2, 0.25) is 10.0 Å². The van der Waals surface area contributed by atoms with Crippen molar-refractivity contribution in [1.82, 2.24) is 9.62 Å². The molecule has 1 aliphatic heterocycles. The molecule has 1 aliphatic rings. The van der Waals surface area contributed by atoms with Crippen molar-refractivity contribution >= 4 is 37.4 Å². The molecule has 1 atom stereocenters. The van der Waals surface area contributed by atoms with Crippen LogP contribution in [0.15, 0.2) is 52.3 Å². The number of halogens is 1. The Kier molecular flexibility index (Phi) is 6.57. The smallest absolute Gasteiger partial charge is 0.251 e. The topological polar surface area (TPSA) is 101 Å². The first-order chi connectivity index (χ1) is 14.0. The van der Waals surface area contributed by atoms with Gasteiger partial charge < -0.3 is 5.32 Å². The van der Waals surface area contributed by atoms with Crippen LogP contribution in [0.5, 0.6) is 0 Å². The molecule has 2 aromatic carbocycles. The van der Waals surface area contributed by atoms with Gasteiger partial charge in [-0.15, -0.1) is 0 Å². The number of nitrogens with one attached hydrogen (secondary N) is 1. The highest BCUT2D eigenvalue weighted by molar-refractivity contribution is 7.90. The summed E-state index contributed by atoms with van der Waals surface area (Å²) in [6, 6.07) is 9.99. The Bertz CT molecular complexity index is 1160. The quantitative estimate of drug-likeness (QED) is 0.699. The maximum absolute atomic E-state index is 12.8. The lowest BCUT2D eigenvalue weighted by Gasteiger charge is -2.18. The molecule has 30 heavy (non-hydrogen) atoms. The van der Waals surface area contributed by atoms with E-state index in [1.165, 1.54) is 34.6 Å². The zero-order chi connectivity index (χ0) is 22.1. The van der Waals surface area contributed by atoms with Gasteiger partial charge in [-0.25, -0.2) is 16.8 Å². The summed E-state index contributed by atoms with van der Waals surface area (Å²) in [5, 5.41) is 2.87. The summed E-state index contributed by atoms with van der Waals surface area (Å²) < 4.78 is 50.2. The van der Waals surface area contributed by atoms with E-state index in [9.17, 15) is 21.6 Å². The number of carbonyl (C=O) groups excluding carboxylic acids is 1. The van der Waals surface area contributed by atoms with E-state index in [4.69, 9.17) is 11.6 Å². The first-order valence-electron chi connectivity index (χ1n) is 9.41. The number of amides is 1. The standard InChI is InChI=1S/C20H23ClN2O5S2/c1-14(15-5-8-17(9-6-15)29(2,25)26)22-20(24)16-7-10-18(21)19(13-16)30(27,28)23-11-3-4-12-23/h5-10,13-14H,3-4,11-12H2,1-2H3,(H,22,24)/t14-/m0/s1. The number of sulfonamides is 1. The Morgan fingerprint density at radius 3 is 2.20 bits per heavy atom. The van der Waals surface area contributed by atoms with E-state index in [0.717, 1.165) is 24.7 Å². The van der Waals surface area contributed by atoms with Crippen molar-refractivity contribution < 1.29 is 21.6 Å². The fourth-order valence-electron chi connectivity index (χ4n) is 3.28. The molecule has 0 aliphatic carbocycles. The van der Waals surface area contributed by atoms with Crippen LogP contribution in [0.2, 0.25) is 5.02 Å². The maximum Gasteiger partial charge on any atom is 0.251 e. The minimum atomic E-state index is -3.76. The van der Waals surface area contributed by atoms with Crippen LogP contribution in [-0.2, 0) is 19.9 Å². The third-order valence-corrected chi connectivity index (χ3v) is 8.54. The van der Waals surface area contributed by atoms with E-state index in [1.807, 2.05) is 0 Å². The molecule has 0 bridgehead atoms. The molecular weight excluding hydrogens is 448 g/mol. The molecule has 10 heteroatoms. The van der Waals surface area contributed by atoms with Crippen molar-refractivity contribution in [1.29, 1.82) is 0 Å². The Hall–Kier alpha value is -1.94. The lowest BCUT2D eigenvalue weighted by molar-refractivity contribution is 0.0939. The molecule has 162 valence electrons. The van der Waals surface area contributed by atoms with Crippen LogP contribution in [-0.4, -0.2) is 46.4 Å². The summed E-state index contributed by atoms with van der Waals surface area (Å²) >= 11 is 6.13. The predicted molar refractivity (Wildman–Crippen MR) is 115 cm³/mol. The van der Waals surface area contributed by atoms with Gasteiger partial charge in [0.25, 0.3) is 5.91 Å². The van der Waals surface area contributed by atoms with E-state index in [-0.39, 0.29) is 20.4 Å². The van der Waals surface area contributed by atoms with Gasteiger partial charge in [-0.05, 0) is 55.7 Å². The molecule has 1 saturated heterocycles. The van der Waals surface area contributed by atoms with E-state index < -0.39 is 31.8 Å². The zero-order valence-corrected chi connectivity index (χ0v) is 19.0. The zero-order valence-electron chi connectivity index (χ0n) is 16.6. The van der Waals surface area contributed by atoms with E-state index in [2.05, 4.69) is 5.32 Å². The van der Waals surface area contributed by atoms with Gasteiger partial charge in [-0.3, -0.25) is 4.79 Å². The summed E-state index contributed by atoms with van der Waals surface area (Å²) in [4.78, 5) is 12.8. The van der Waals surface area contributed by atoms with Crippen molar-refractivity contribution in [2.24, 2.45) is 0 Å². The lowest BCUT2D eigenvalue weighted by atomic mass is 10.1. The highest BCUT2D eigenvalue weighted by atomic mass is 35.5. The third kappa shape index (κ3) is 4.85. The van der Waals surface area contributed by atoms with Gasteiger partial charge in [-0.2, -0.15) is 4.31 Å².